The third-order valence-electron chi connectivity index (χ3n) is 3.10. The number of rotatable bonds is 1. The highest BCUT2D eigenvalue weighted by molar-refractivity contribution is 6.07. The number of aromatic nitrogens is 1. The van der Waals surface area contributed by atoms with Crippen molar-refractivity contribution in [2.75, 3.05) is 11.4 Å². The summed E-state index contributed by atoms with van der Waals surface area (Å²) in [5, 5.41) is 0. The van der Waals surface area contributed by atoms with E-state index in [2.05, 4.69) is 4.98 Å². The fraction of sp³-hybridized carbons (Fsp3) is 0.143. The number of halogens is 1. The van der Waals surface area contributed by atoms with Gasteiger partial charge in [-0.15, -0.1) is 0 Å². The van der Waals surface area contributed by atoms with Crippen LogP contribution in [0.5, 0.6) is 0 Å². The van der Waals surface area contributed by atoms with Crippen LogP contribution in [0.4, 0.5) is 10.1 Å². The van der Waals surface area contributed by atoms with E-state index in [1.807, 2.05) is 6.07 Å². The number of nitrogens with zero attached hydrogens (tertiary/aromatic N) is 2. The van der Waals surface area contributed by atoms with Gasteiger partial charge in [0.25, 0.3) is 5.91 Å². The second kappa shape index (κ2) is 4.22. The molecule has 0 spiro atoms. The molecule has 2 aromatic rings. The number of benzene rings is 1. The first-order chi connectivity index (χ1) is 8.77. The molecule has 0 N–H and O–H groups in total. The van der Waals surface area contributed by atoms with Gasteiger partial charge in [0.2, 0.25) is 0 Å². The molecule has 1 amide bonds. The largest absolute Gasteiger partial charge is 0.305 e. The molecular weight excluding hydrogens is 231 g/mol. The van der Waals surface area contributed by atoms with E-state index in [9.17, 15) is 9.18 Å². The molecule has 0 bridgehead atoms. The highest BCUT2D eigenvalue weighted by Crippen LogP contribution is 2.31. The molecule has 1 aliphatic rings. The number of carbonyl (C=O) groups is 1. The number of carbonyl (C=O) groups excluding carboxylic acids is 1. The first-order valence-corrected chi connectivity index (χ1v) is 5.76. The van der Waals surface area contributed by atoms with Crippen molar-refractivity contribution in [2.45, 2.75) is 6.42 Å². The van der Waals surface area contributed by atoms with Crippen LogP contribution in [0.25, 0.3) is 0 Å². The molecule has 4 heteroatoms. The van der Waals surface area contributed by atoms with Gasteiger partial charge in [0.1, 0.15) is 5.82 Å². The van der Waals surface area contributed by atoms with Crippen molar-refractivity contribution in [1.82, 2.24) is 4.98 Å². The third-order valence-corrected chi connectivity index (χ3v) is 3.10. The van der Waals surface area contributed by atoms with Crippen LogP contribution in [-0.2, 0) is 6.42 Å². The number of fused-ring (bicyclic) bond motifs is 1. The Labute approximate surface area is 104 Å². The Balaban J connectivity index is 2.00. The van der Waals surface area contributed by atoms with Crippen LogP contribution >= 0.6 is 0 Å². The molecule has 1 aromatic heterocycles. The third kappa shape index (κ3) is 1.66. The molecule has 0 saturated heterocycles. The van der Waals surface area contributed by atoms with Crippen LogP contribution in [0, 0.1) is 5.82 Å². The summed E-state index contributed by atoms with van der Waals surface area (Å²) < 4.78 is 13.8. The molecule has 0 unspecified atom stereocenters. The van der Waals surface area contributed by atoms with Crippen molar-refractivity contribution >= 4 is 11.6 Å². The molecule has 1 aliphatic heterocycles. The summed E-state index contributed by atoms with van der Waals surface area (Å²) >= 11 is 0. The van der Waals surface area contributed by atoms with Crippen LogP contribution in [-0.4, -0.2) is 17.4 Å². The average molecular weight is 242 g/mol. The Morgan fingerprint density at radius 2 is 2.17 bits per heavy atom. The molecule has 3 rings (SSSR count). The smallest absolute Gasteiger partial charge is 0.259 e. The topological polar surface area (TPSA) is 33.2 Å². The molecule has 90 valence electrons. The number of pyridine rings is 1. The summed E-state index contributed by atoms with van der Waals surface area (Å²) in [5.41, 5.74) is 1.77. The average Bonchev–Trinajstić information content (AvgIpc) is 2.84. The second-order valence-corrected chi connectivity index (χ2v) is 4.20. The van der Waals surface area contributed by atoms with Crippen LogP contribution in [0.15, 0.2) is 42.7 Å². The van der Waals surface area contributed by atoms with E-state index in [0.29, 0.717) is 24.2 Å². The van der Waals surface area contributed by atoms with Crippen LogP contribution in [0.3, 0.4) is 0 Å². The fourth-order valence-electron chi connectivity index (χ4n) is 2.26. The van der Waals surface area contributed by atoms with E-state index >= 15 is 0 Å². The zero-order valence-electron chi connectivity index (χ0n) is 9.64. The lowest BCUT2D eigenvalue weighted by Gasteiger charge is -2.17. The quantitative estimate of drug-likeness (QED) is 0.769. The molecule has 0 fully saturated rings. The van der Waals surface area contributed by atoms with Gasteiger partial charge in [-0.25, -0.2) is 4.39 Å². The van der Waals surface area contributed by atoms with Gasteiger partial charge in [0.15, 0.2) is 0 Å². The summed E-state index contributed by atoms with van der Waals surface area (Å²) in [6, 6.07) is 8.30. The summed E-state index contributed by atoms with van der Waals surface area (Å²) in [6.45, 7) is 0.518. The van der Waals surface area contributed by atoms with Crippen molar-refractivity contribution in [1.29, 1.82) is 0 Å². The van der Waals surface area contributed by atoms with E-state index in [1.165, 1.54) is 17.2 Å². The summed E-state index contributed by atoms with van der Waals surface area (Å²) in [5.74, 6) is -0.547. The first-order valence-electron chi connectivity index (χ1n) is 5.76. The van der Waals surface area contributed by atoms with E-state index in [1.54, 1.807) is 24.4 Å². The van der Waals surface area contributed by atoms with Crippen LogP contribution < -0.4 is 4.90 Å². The van der Waals surface area contributed by atoms with Gasteiger partial charge >= 0.3 is 0 Å². The number of para-hydroxylation sites is 1. The molecule has 0 radical (unpaired) electrons. The van der Waals surface area contributed by atoms with Gasteiger partial charge in [-0.3, -0.25) is 9.78 Å². The Bertz CT molecular complexity index is 598. The zero-order chi connectivity index (χ0) is 12.5. The normalized spacial score (nSPS) is 13.5. The highest BCUT2D eigenvalue weighted by atomic mass is 19.1. The monoisotopic (exact) mass is 242 g/mol. The minimum absolute atomic E-state index is 0.202. The molecule has 18 heavy (non-hydrogen) atoms. The van der Waals surface area contributed by atoms with Gasteiger partial charge in [-0.05, 0) is 30.2 Å². The lowest BCUT2D eigenvalue weighted by atomic mass is 10.1. The maximum Gasteiger partial charge on any atom is 0.259 e. The van der Waals surface area contributed by atoms with Gasteiger partial charge in [-0.1, -0.05) is 12.1 Å². The number of amides is 1. The molecule has 2 heterocycles. The van der Waals surface area contributed by atoms with Crippen LogP contribution in [0.2, 0.25) is 0 Å². The first kappa shape index (κ1) is 10.9. The molecule has 0 atom stereocenters. The standard InChI is InChI=1S/C14H11FN2O/c15-12-5-1-3-10-6-8-17(13(10)12)14(18)11-4-2-7-16-9-11/h1-5,7,9H,6,8H2. The SMILES string of the molecule is O=C(c1cccnc1)N1CCc2cccc(F)c21. The van der Waals surface area contributed by atoms with E-state index in [-0.39, 0.29) is 11.7 Å². The Hall–Kier alpha value is -2.23. The van der Waals surface area contributed by atoms with Crippen molar-refractivity contribution in [3.8, 4) is 0 Å². The fourth-order valence-corrected chi connectivity index (χ4v) is 2.26. The minimum Gasteiger partial charge on any atom is -0.305 e. The Kier molecular flexibility index (Phi) is 2.55. The molecule has 0 saturated carbocycles. The molecule has 3 nitrogen and oxygen atoms in total. The Morgan fingerprint density at radius 3 is 2.94 bits per heavy atom. The minimum atomic E-state index is -0.345. The van der Waals surface area contributed by atoms with E-state index < -0.39 is 0 Å². The zero-order valence-corrected chi connectivity index (χ0v) is 9.64. The van der Waals surface area contributed by atoms with Crippen molar-refractivity contribution in [2.24, 2.45) is 0 Å². The number of hydrogen-bond donors (Lipinski definition) is 0. The van der Waals surface area contributed by atoms with Crippen molar-refractivity contribution < 1.29 is 9.18 Å². The molecule has 1 aromatic carbocycles. The maximum atomic E-state index is 13.8. The molecule has 0 aliphatic carbocycles. The lowest BCUT2D eigenvalue weighted by molar-refractivity contribution is 0.0988. The van der Waals surface area contributed by atoms with Gasteiger partial charge < -0.3 is 4.90 Å². The van der Waals surface area contributed by atoms with Crippen molar-refractivity contribution in [3.05, 3.63) is 59.7 Å². The summed E-state index contributed by atoms with van der Waals surface area (Å²) in [4.78, 5) is 17.7. The lowest BCUT2D eigenvalue weighted by Crippen LogP contribution is -2.29. The predicted molar refractivity (Wildman–Crippen MR) is 66.0 cm³/mol. The van der Waals surface area contributed by atoms with Gasteiger partial charge in [0, 0.05) is 18.9 Å². The predicted octanol–water partition coefficient (Wildman–Crippen LogP) is 2.42. The molecular formula is C14H11FN2O. The highest BCUT2D eigenvalue weighted by Gasteiger charge is 2.28. The van der Waals surface area contributed by atoms with E-state index in [0.717, 1.165) is 5.56 Å². The van der Waals surface area contributed by atoms with Crippen molar-refractivity contribution in [3.63, 3.8) is 0 Å². The summed E-state index contributed by atoms with van der Waals surface area (Å²) in [7, 11) is 0. The maximum absolute atomic E-state index is 13.8. The summed E-state index contributed by atoms with van der Waals surface area (Å²) in [6.07, 6.45) is 3.80. The van der Waals surface area contributed by atoms with Crippen LogP contribution in [0.1, 0.15) is 15.9 Å². The van der Waals surface area contributed by atoms with Gasteiger partial charge in [-0.2, -0.15) is 0 Å². The number of hydrogen-bond acceptors (Lipinski definition) is 2. The van der Waals surface area contributed by atoms with Gasteiger partial charge in [0.05, 0.1) is 11.3 Å². The second-order valence-electron chi connectivity index (χ2n) is 4.20. The Morgan fingerprint density at radius 1 is 1.28 bits per heavy atom. The number of anilines is 1. The van der Waals surface area contributed by atoms with E-state index in [4.69, 9.17) is 0 Å².